The SMILES string of the molecule is COc1ccc(C)cc1NC(=O)c1cc(Nc2ccc(C)cc2)ccn1. The Labute approximate surface area is 153 Å². The predicted octanol–water partition coefficient (Wildman–Crippen LogP) is 4.70. The van der Waals surface area contributed by atoms with Crippen LogP contribution < -0.4 is 15.4 Å². The second kappa shape index (κ2) is 7.70. The number of methoxy groups -OCH3 is 1. The molecular formula is C21H21N3O2. The number of anilines is 3. The Morgan fingerprint density at radius 1 is 0.923 bits per heavy atom. The van der Waals surface area contributed by atoms with Gasteiger partial charge in [0.25, 0.3) is 5.91 Å². The van der Waals surface area contributed by atoms with E-state index in [0.29, 0.717) is 17.1 Å². The maximum atomic E-state index is 12.6. The lowest BCUT2D eigenvalue weighted by molar-refractivity contribution is 0.102. The first-order chi connectivity index (χ1) is 12.5. The lowest BCUT2D eigenvalue weighted by Crippen LogP contribution is -2.14. The monoisotopic (exact) mass is 347 g/mol. The third-order valence-electron chi connectivity index (χ3n) is 3.94. The molecule has 2 aromatic carbocycles. The summed E-state index contributed by atoms with van der Waals surface area (Å²) in [5.74, 6) is 0.319. The summed E-state index contributed by atoms with van der Waals surface area (Å²) in [6.07, 6.45) is 1.61. The fraction of sp³-hybridized carbons (Fsp3) is 0.143. The molecule has 0 saturated heterocycles. The van der Waals surface area contributed by atoms with Crippen molar-refractivity contribution in [2.45, 2.75) is 13.8 Å². The molecule has 0 bridgehead atoms. The maximum Gasteiger partial charge on any atom is 0.274 e. The van der Waals surface area contributed by atoms with E-state index in [0.717, 1.165) is 16.9 Å². The number of amides is 1. The third kappa shape index (κ3) is 4.19. The molecule has 0 spiro atoms. The van der Waals surface area contributed by atoms with E-state index in [-0.39, 0.29) is 5.91 Å². The summed E-state index contributed by atoms with van der Waals surface area (Å²) in [5.41, 5.74) is 4.92. The number of pyridine rings is 1. The van der Waals surface area contributed by atoms with Crippen LogP contribution >= 0.6 is 0 Å². The summed E-state index contributed by atoms with van der Waals surface area (Å²) in [4.78, 5) is 16.8. The van der Waals surface area contributed by atoms with Gasteiger partial charge in [-0.05, 0) is 55.8 Å². The molecule has 1 heterocycles. The van der Waals surface area contributed by atoms with Crippen LogP contribution in [0.3, 0.4) is 0 Å². The van der Waals surface area contributed by atoms with Crippen molar-refractivity contribution in [3.63, 3.8) is 0 Å². The van der Waals surface area contributed by atoms with Crippen LogP contribution in [-0.2, 0) is 0 Å². The summed E-state index contributed by atoms with van der Waals surface area (Å²) in [7, 11) is 1.57. The molecule has 0 aliphatic rings. The number of nitrogens with one attached hydrogen (secondary N) is 2. The smallest absolute Gasteiger partial charge is 0.274 e. The first kappa shape index (κ1) is 17.5. The van der Waals surface area contributed by atoms with E-state index >= 15 is 0 Å². The number of hydrogen-bond donors (Lipinski definition) is 2. The molecule has 5 nitrogen and oxygen atoms in total. The van der Waals surface area contributed by atoms with Crippen molar-refractivity contribution in [2.75, 3.05) is 17.7 Å². The second-order valence-electron chi connectivity index (χ2n) is 6.08. The fourth-order valence-corrected chi connectivity index (χ4v) is 2.54. The number of aryl methyl sites for hydroxylation is 2. The minimum atomic E-state index is -0.290. The van der Waals surface area contributed by atoms with Crippen molar-refractivity contribution >= 4 is 23.0 Å². The van der Waals surface area contributed by atoms with Crippen LogP contribution in [0.4, 0.5) is 17.1 Å². The quantitative estimate of drug-likeness (QED) is 0.702. The molecule has 1 amide bonds. The number of nitrogens with zero attached hydrogens (tertiary/aromatic N) is 1. The zero-order valence-electron chi connectivity index (χ0n) is 15.0. The Kier molecular flexibility index (Phi) is 5.17. The van der Waals surface area contributed by atoms with E-state index in [1.54, 1.807) is 19.4 Å². The molecule has 0 fully saturated rings. The highest BCUT2D eigenvalue weighted by Crippen LogP contribution is 2.26. The average molecular weight is 347 g/mol. The summed E-state index contributed by atoms with van der Waals surface area (Å²) in [6, 6.07) is 17.2. The largest absolute Gasteiger partial charge is 0.495 e. The standard InChI is InChI=1S/C21H21N3O2/c1-14-4-7-16(8-5-14)23-17-10-11-22-19(13-17)21(25)24-18-12-15(2)6-9-20(18)26-3/h4-13H,1-3H3,(H,22,23)(H,24,25). The number of benzene rings is 2. The van der Waals surface area contributed by atoms with E-state index < -0.39 is 0 Å². The van der Waals surface area contributed by atoms with Crippen LogP contribution in [0, 0.1) is 13.8 Å². The van der Waals surface area contributed by atoms with Crippen molar-refractivity contribution in [1.29, 1.82) is 0 Å². The topological polar surface area (TPSA) is 63.2 Å². The van der Waals surface area contributed by atoms with E-state index in [1.165, 1.54) is 5.56 Å². The minimum absolute atomic E-state index is 0.290. The molecule has 26 heavy (non-hydrogen) atoms. The van der Waals surface area contributed by atoms with Gasteiger partial charge in [-0.3, -0.25) is 9.78 Å². The zero-order chi connectivity index (χ0) is 18.5. The number of rotatable bonds is 5. The van der Waals surface area contributed by atoms with E-state index in [1.807, 2.05) is 62.4 Å². The van der Waals surface area contributed by atoms with Crippen molar-refractivity contribution in [3.05, 3.63) is 77.6 Å². The minimum Gasteiger partial charge on any atom is -0.495 e. The van der Waals surface area contributed by atoms with Gasteiger partial charge in [-0.15, -0.1) is 0 Å². The first-order valence-corrected chi connectivity index (χ1v) is 8.31. The Morgan fingerprint density at radius 3 is 2.38 bits per heavy atom. The Bertz CT molecular complexity index is 921. The highest BCUT2D eigenvalue weighted by atomic mass is 16.5. The fourth-order valence-electron chi connectivity index (χ4n) is 2.54. The molecule has 132 valence electrons. The van der Waals surface area contributed by atoms with Crippen molar-refractivity contribution in [3.8, 4) is 5.75 Å². The molecule has 3 rings (SSSR count). The molecule has 0 unspecified atom stereocenters. The lowest BCUT2D eigenvalue weighted by Gasteiger charge is -2.12. The molecule has 0 atom stereocenters. The van der Waals surface area contributed by atoms with Crippen LogP contribution in [0.5, 0.6) is 5.75 Å². The Hall–Kier alpha value is -3.34. The van der Waals surface area contributed by atoms with Gasteiger partial charge in [-0.2, -0.15) is 0 Å². The van der Waals surface area contributed by atoms with Gasteiger partial charge in [0.15, 0.2) is 0 Å². The van der Waals surface area contributed by atoms with Crippen LogP contribution in [0.1, 0.15) is 21.6 Å². The summed E-state index contributed by atoms with van der Waals surface area (Å²) >= 11 is 0. The van der Waals surface area contributed by atoms with Gasteiger partial charge in [0, 0.05) is 17.6 Å². The van der Waals surface area contributed by atoms with Crippen LogP contribution in [-0.4, -0.2) is 18.0 Å². The molecule has 0 radical (unpaired) electrons. The number of aromatic nitrogens is 1. The normalized spacial score (nSPS) is 10.3. The van der Waals surface area contributed by atoms with Gasteiger partial charge in [0.2, 0.25) is 0 Å². The predicted molar refractivity (Wildman–Crippen MR) is 104 cm³/mol. The van der Waals surface area contributed by atoms with Gasteiger partial charge >= 0.3 is 0 Å². The van der Waals surface area contributed by atoms with E-state index in [2.05, 4.69) is 15.6 Å². The highest BCUT2D eigenvalue weighted by molar-refractivity contribution is 6.04. The van der Waals surface area contributed by atoms with Crippen LogP contribution in [0.15, 0.2) is 60.8 Å². The van der Waals surface area contributed by atoms with E-state index in [9.17, 15) is 4.79 Å². The number of carbonyl (C=O) groups excluding carboxylic acids is 1. The number of ether oxygens (including phenoxy) is 1. The zero-order valence-corrected chi connectivity index (χ0v) is 15.0. The Morgan fingerprint density at radius 2 is 1.65 bits per heavy atom. The Balaban J connectivity index is 1.78. The molecular weight excluding hydrogens is 326 g/mol. The van der Waals surface area contributed by atoms with Crippen LogP contribution in [0.25, 0.3) is 0 Å². The van der Waals surface area contributed by atoms with Gasteiger partial charge in [-0.1, -0.05) is 23.8 Å². The number of carbonyl (C=O) groups is 1. The van der Waals surface area contributed by atoms with Crippen LogP contribution in [0.2, 0.25) is 0 Å². The van der Waals surface area contributed by atoms with E-state index in [4.69, 9.17) is 4.74 Å². The summed E-state index contributed by atoms with van der Waals surface area (Å²) < 4.78 is 5.30. The average Bonchev–Trinajstić information content (AvgIpc) is 2.64. The third-order valence-corrected chi connectivity index (χ3v) is 3.94. The molecule has 0 saturated carbocycles. The van der Waals surface area contributed by atoms with Crippen molar-refractivity contribution in [1.82, 2.24) is 4.98 Å². The maximum absolute atomic E-state index is 12.6. The summed E-state index contributed by atoms with van der Waals surface area (Å²) in [5, 5.41) is 6.14. The summed E-state index contributed by atoms with van der Waals surface area (Å²) in [6.45, 7) is 4.00. The number of hydrogen-bond acceptors (Lipinski definition) is 4. The highest BCUT2D eigenvalue weighted by Gasteiger charge is 2.12. The molecule has 3 aromatic rings. The second-order valence-corrected chi connectivity index (χ2v) is 6.08. The van der Waals surface area contributed by atoms with Gasteiger partial charge in [0.1, 0.15) is 11.4 Å². The molecule has 0 aliphatic carbocycles. The van der Waals surface area contributed by atoms with Crippen molar-refractivity contribution in [2.24, 2.45) is 0 Å². The lowest BCUT2D eigenvalue weighted by atomic mass is 10.2. The molecule has 0 aliphatic heterocycles. The van der Waals surface area contributed by atoms with Gasteiger partial charge in [-0.25, -0.2) is 0 Å². The first-order valence-electron chi connectivity index (χ1n) is 8.31. The van der Waals surface area contributed by atoms with Gasteiger partial charge in [0.05, 0.1) is 12.8 Å². The molecule has 1 aromatic heterocycles. The molecule has 5 heteroatoms. The van der Waals surface area contributed by atoms with Gasteiger partial charge < -0.3 is 15.4 Å². The van der Waals surface area contributed by atoms with Crippen molar-refractivity contribution < 1.29 is 9.53 Å². The molecule has 2 N–H and O–H groups in total.